The molecule has 9 heteroatoms. The number of carbonyl (C=O) groups is 1. The lowest BCUT2D eigenvalue weighted by atomic mass is 10.2. The fourth-order valence-corrected chi connectivity index (χ4v) is 3.25. The molecule has 0 spiro atoms. The summed E-state index contributed by atoms with van der Waals surface area (Å²) in [4.78, 5) is 12.4. The van der Waals surface area contributed by atoms with E-state index in [1.807, 2.05) is 6.07 Å². The second-order valence-corrected chi connectivity index (χ2v) is 7.67. The van der Waals surface area contributed by atoms with Crippen molar-refractivity contribution in [3.8, 4) is 11.8 Å². The van der Waals surface area contributed by atoms with Crippen molar-refractivity contribution in [1.82, 2.24) is 0 Å². The number of ether oxygens (including phenoxy) is 1. The molecule has 0 aliphatic heterocycles. The highest BCUT2D eigenvalue weighted by Gasteiger charge is 2.22. The van der Waals surface area contributed by atoms with Crippen LogP contribution in [-0.4, -0.2) is 34.2 Å². The second kappa shape index (κ2) is 8.08. The maximum atomic E-state index is 12.4. The van der Waals surface area contributed by atoms with Gasteiger partial charge in [0.1, 0.15) is 12.3 Å². The van der Waals surface area contributed by atoms with Crippen LogP contribution in [0.1, 0.15) is 5.56 Å². The van der Waals surface area contributed by atoms with Crippen molar-refractivity contribution >= 4 is 38.9 Å². The lowest BCUT2D eigenvalue weighted by Gasteiger charge is -2.22. The van der Waals surface area contributed by atoms with Gasteiger partial charge in [0.05, 0.1) is 36.4 Å². The Morgan fingerprint density at radius 3 is 2.65 bits per heavy atom. The molecule has 1 amide bonds. The van der Waals surface area contributed by atoms with Crippen molar-refractivity contribution in [2.45, 2.75) is 0 Å². The Kier molecular flexibility index (Phi) is 6.08. The zero-order chi connectivity index (χ0) is 19.3. The Bertz CT molecular complexity index is 970. The van der Waals surface area contributed by atoms with Crippen molar-refractivity contribution in [2.24, 2.45) is 0 Å². The molecule has 2 aromatic rings. The summed E-state index contributed by atoms with van der Waals surface area (Å²) >= 11 is 5.92. The quantitative estimate of drug-likeness (QED) is 0.813. The Hall–Kier alpha value is -2.76. The maximum absolute atomic E-state index is 12.4. The van der Waals surface area contributed by atoms with Crippen LogP contribution in [0.15, 0.2) is 42.5 Å². The number of nitrogens with one attached hydrogen (secondary N) is 1. The van der Waals surface area contributed by atoms with Crippen molar-refractivity contribution in [1.29, 1.82) is 5.26 Å². The third-order valence-corrected chi connectivity index (χ3v) is 4.76. The molecule has 26 heavy (non-hydrogen) atoms. The van der Waals surface area contributed by atoms with Gasteiger partial charge in [-0.3, -0.25) is 9.10 Å². The average Bonchev–Trinajstić information content (AvgIpc) is 2.59. The standard InChI is InChI=1S/C17H16ClN3O4S/c1-25-16-7-6-13(18)9-15(16)20-17(22)11-21(26(2,23)24)14-5-3-4-12(8-14)10-19/h3-9H,11H2,1-2H3,(H,20,22). The van der Waals surface area contributed by atoms with E-state index < -0.39 is 22.5 Å². The number of benzene rings is 2. The van der Waals surface area contributed by atoms with E-state index >= 15 is 0 Å². The largest absolute Gasteiger partial charge is 0.495 e. The Balaban J connectivity index is 2.28. The van der Waals surface area contributed by atoms with Gasteiger partial charge in [0.2, 0.25) is 15.9 Å². The molecule has 2 aromatic carbocycles. The van der Waals surface area contributed by atoms with Crippen LogP contribution in [0.25, 0.3) is 0 Å². The average molecular weight is 394 g/mol. The van der Waals surface area contributed by atoms with Crippen LogP contribution in [0.3, 0.4) is 0 Å². The van der Waals surface area contributed by atoms with Gasteiger partial charge in [-0.15, -0.1) is 0 Å². The van der Waals surface area contributed by atoms with Crippen molar-refractivity contribution in [2.75, 3.05) is 29.5 Å². The van der Waals surface area contributed by atoms with Crippen molar-refractivity contribution < 1.29 is 17.9 Å². The number of sulfonamides is 1. The first kappa shape index (κ1) is 19.6. The number of amides is 1. The normalized spacial score (nSPS) is 10.7. The molecule has 7 nitrogen and oxygen atoms in total. The Morgan fingerprint density at radius 2 is 2.04 bits per heavy atom. The fourth-order valence-electron chi connectivity index (χ4n) is 2.23. The number of anilines is 2. The monoisotopic (exact) mass is 393 g/mol. The number of methoxy groups -OCH3 is 1. The Labute approximate surface area is 156 Å². The summed E-state index contributed by atoms with van der Waals surface area (Å²) in [5.41, 5.74) is 0.831. The lowest BCUT2D eigenvalue weighted by molar-refractivity contribution is -0.114. The van der Waals surface area contributed by atoms with Gasteiger partial charge in [-0.25, -0.2) is 8.42 Å². The molecule has 0 atom stereocenters. The van der Waals surface area contributed by atoms with Gasteiger partial charge in [-0.1, -0.05) is 17.7 Å². The minimum atomic E-state index is -3.75. The van der Waals surface area contributed by atoms with Gasteiger partial charge in [-0.2, -0.15) is 5.26 Å². The van der Waals surface area contributed by atoms with Gasteiger partial charge < -0.3 is 10.1 Å². The number of nitrogens with zero attached hydrogens (tertiary/aromatic N) is 2. The van der Waals surface area contributed by atoms with E-state index in [1.54, 1.807) is 24.3 Å². The number of nitriles is 1. The van der Waals surface area contributed by atoms with Crippen LogP contribution >= 0.6 is 11.6 Å². The molecule has 0 heterocycles. The third kappa shape index (κ3) is 4.88. The fraction of sp³-hybridized carbons (Fsp3) is 0.176. The van der Waals surface area contributed by atoms with E-state index in [9.17, 15) is 13.2 Å². The second-order valence-electron chi connectivity index (χ2n) is 5.32. The minimum Gasteiger partial charge on any atom is -0.495 e. The summed E-state index contributed by atoms with van der Waals surface area (Å²) in [5.74, 6) is -0.196. The molecule has 0 bridgehead atoms. The van der Waals surface area contributed by atoms with Gasteiger partial charge in [0, 0.05) is 5.02 Å². The molecule has 0 saturated carbocycles. The number of halogens is 1. The van der Waals surface area contributed by atoms with Gasteiger partial charge >= 0.3 is 0 Å². The van der Waals surface area contributed by atoms with Crippen molar-refractivity contribution in [3.05, 3.63) is 53.1 Å². The predicted octanol–water partition coefficient (Wildman–Crippen LogP) is 2.62. The van der Waals surface area contributed by atoms with Crippen LogP contribution in [0.5, 0.6) is 5.75 Å². The zero-order valence-electron chi connectivity index (χ0n) is 14.1. The molecule has 0 fully saturated rings. The summed E-state index contributed by atoms with van der Waals surface area (Å²) in [5, 5.41) is 12.0. The first-order valence-electron chi connectivity index (χ1n) is 7.36. The maximum Gasteiger partial charge on any atom is 0.245 e. The van der Waals surface area contributed by atoms with Crippen LogP contribution in [0.4, 0.5) is 11.4 Å². The number of rotatable bonds is 6. The summed E-state index contributed by atoms with van der Waals surface area (Å²) in [6.07, 6.45) is 0.985. The van der Waals surface area contributed by atoms with Crippen LogP contribution < -0.4 is 14.4 Å². The smallest absolute Gasteiger partial charge is 0.245 e. The predicted molar refractivity (Wildman–Crippen MR) is 100.0 cm³/mol. The number of hydrogen-bond donors (Lipinski definition) is 1. The molecule has 0 unspecified atom stereocenters. The summed E-state index contributed by atoms with van der Waals surface area (Å²) in [6, 6.07) is 12.6. The van der Waals surface area contributed by atoms with Gasteiger partial charge in [0.15, 0.2) is 0 Å². The van der Waals surface area contributed by atoms with E-state index in [4.69, 9.17) is 21.6 Å². The highest BCUT2D eigenvalue weighted by atomic mass is 35.5. The number of carbonyl (C=O) groups excluding carboxylic acids is 1. The highest BCUT2D eigenvalue weighted by Crippen LogP contribution is 2.28. The molecule has 2 rings (SSSR count). The van der Waals surface area contributed by atoms with Crippen LogP contribution in [0.2, 0.25) is 5.02 Å². The molecule has 136 valence electrons. The van der Waals surface area contributed by atoms with E-state index in [0.717, 1.165) is 10.6 Å². The molecule has 1 N–H and O–H groups in total. The minimum absolute atomic E-state index is 0.222. The van der Waals surface area contributed by atoms with E-state index in [1.165, 1.54) is 25.3 Å². The number of hydrogen-bond acceptors (Lipinski definition) is 5. The van der Waals surface area contributed by atoms with Crippen molar-refractivity contribution in [3.63, 3.8) is 0 Å². The van der Waals surface area contributed by atoms with Gasteiger partial charge in [-0.05, 0) is 36.4 Å². The molecule has 0 aliphatic rings. The zero-order valence-corrected chi connectivity index (χ0v) is 15.6. The van der Waals surface area contributed by atoms with E-state index in [0.29, 0.717) is 16.5 Å². The highest BCUT2D eigenvalue weighted by molar-refractivity contribution is 7.92. The third-order valence-electron chi connectivity index (χ3n) is 3.39. The van der Waals surface area contributed by atoms with E-state index in [-0.39, 0.29) is 11.3 Å². The Morgan fingerprint density at radius 1 is 1.31 bits per heavy atom. The van der Waals surface area contributed by atoms with Gasteiger partial charge in [0.25, 0.3) is 0 Å². The molecule has 0 aliphatic carbocycles. The molecular weight excluding hydrogens is 378 g/mol. The summed E-state index contributed by atoms with van der Waals surface area (Å²) in [6.45, 7) is -0.469. The van der Waals surface area contributed by atoms with E-state index in [2.05, 4.69) is 5.32 Å². The first-order valence-corrected chi connectivity index (χ1v) is 9.58. The van der Waals surface area contributed by atoms with Crippen LogP contribution in [0, 0.1) is 11.3 Å². The lowest BCUT2D eigenvalue weighted by Crippen LogP contribution is -2.37. The SMILES string of the molecule is COc1ccc(Cl)cc1NC(=O)CN(c1cccc(C#N)c1)S(C)(=O)=O. The summed E-state index contributed by atoms with van der Waals surface area (Å²) < 4.78 is 30.3. The summed E-state index contributed by atoms with van der Waals surface area (Å²) in [7, 11) is -2.31. The topological polar surface area (TPSA) is 99.5 Å². The van der Waals surface area contributed by atoms with Crippen LogP contribution in [-0.2, 0) is 14.8 Å². The molecule has 0 aromatic heterocycles. The molecular formula is C17H16ClN3O4S. The molecule has 0 saturated heterocycles. The molecule has 0 radical (unpaired) electrons. The first-order chi connectivity index (χ1) is 12.2.